The van der Waals surface area contributed by atoms with Crippen LogP contribution in [-0.2, 0) is 30.3 Å². The molecule has 2 unspecified atom stereocenters. The number of hydrogen-bond acceptors (Lipinski definition) is 6. The summed E-state index contributed by atoms with van der Waals surface area (Å²) < 4.78 is 12.4. The molecule has 204 valence electrons. The number of benzene rings is 1. The second-order valence-electron chi connectivity index (χ2n) is 11.0. The van der Waals surface area contributed by atoms with Crippen LogP contribution in [-0.4, -0.2) is 81.8 Å². The molecule has 4 aliphatic heterocycles. The molecule has 2 fully saturated rings. The molecule has 1 aromatic carbocycles. The van der Waals surface area contributed by atoms with Crippen LogP contribution in [0.2, 0.25) is 0 Å². The van der Waals surface area contributed by atoms with Gasteiger partial charge in [0.15, 0.2) is 0 Å². The van der Waals surface area contributed by atoms with Crippen LogP contribution in [0.15, 0.2) is 54.6 Å². The average Bonchev–Trinajstić information content (AvgIpc) is 3.20. The Morgan fingerprint density at radius 1 is 1.05 bits per heavy atom. The molecular formula is C30H38N2O6. The molecule has 2 saturated heterocycles. The second kappa shape index (κ2) is 10.3. The van der Waals surface area contributed by atoms with Gasteiger partial charge < -0.3 is 24.4 Å². The van der Waals surface area contributed by atoms with Crippen molar-refractivity contribution < 1.29 is 29.0 Å². The number of rotatable bonds is 8. The van der Waals surface area contributed by atoms with Crippen molar-refractivity contribution in [3.8, 4) is 0 Å². The van der Waals surface area contributed by atoms with E-state index in [-0.39, 0.29) is 31.1 Å². The first-order chi connectivity index (χ1) is 18.3. The first kappa shape index (κ1) is 26.6. The third-order valence-corrected chi connectivity index (χ3v) is 8.82. The normalized spacial score (nSPS) is 33.8. The maximum atomic E-state index is 14.5. The van der Waals surface area contributed by atoms with Crippen LogP contribution >= 0.6 is 0 Å². The van der Waals surface area contributed by atoms with E-state index in [2.05, 4.69) is 6.92 Å². The Morgan fingerprint density at radius 3 is 2.50 bits per heavy atom. The first-order valence-electron chi connectivity index (χ1n) is 13.8. The highest BCUT2D eigenvalue weighted by molar-refractivity contribution is 5.99. The van der Waals surface area contributed by atoms with Gasteiger partial charge in [-0.15, -0.1) is 0 Å². The maximum Gasteiger partial charge on any atom is 0.313 e. The fourth-order valence-corrected chi connectivity index (χ4v) is 7.05. The van der Waals surface area contributed by atoms with E-state index in [4.69, 9.17) is 9.47 Å². The van der Waals surface area contributed by atoms with Gasteiger partial charge in [-0.05, 0) is 37.8 Å². The summed E-state index contributed by atoms with van der Waals surface area (Å²) in [6, 6.07) is 7.91. The molecule has 38 heavy (non-hydrogen) atoms. The maximum absolute atomic E-state index is 14.5. The van der Waals surface area contributed by atoms with E-state index in [1.807, 2.05) is 67.3 Å². The molecule has 5 rings (SSSR count). The lowest BCUT2D eigenvalue weighted by Crippen LogP contribution is -2.60. The molecule has 8 nitrogen and oxygen atoms in total. The number of amides is 2. The molecular weight excluding hydrogens is 484 g/mol. The smallest absolute Gasteiger partial charge is 0.313 e. The Hall–Kier alpha value is -2.97. The van der Waals surface area contributed by atoms with Crippen molar-refractivity contribution in [2.45, 2.75) is 75.8 Å². The van der Waals surface area contributed by atoms with Crippen molar-refractivity contribution >= 4 is 17.8 Å². The zero-order valence-electron chi connectivity index (χ0n) is 22.4. The summed E-state index contributed by atoms with van der Waals surface area (Å²) in [6.07, 6.45) is 9.92. The molecule has 7 atom stereocenters. The van der Waals surface area contributed by atoms with Gasteiger partial charge in [0.25, 0.3) is 0 Å². The molecule has 0 bridgehead atoms. The number of carbonyl (C=O) groups excluding carboxylic acids is 3. The molecule has 0 saturated carbocycles. The highest BCUT2D eigenvalue weighted by atomic mass is 16.6. The van der Waals surface area contributed by atoms with Crippen LogP contribution < -0.4 is 0 Å². The average molecular weight is 523 g/mol. The van der Waals surface area contributed by atoms with Gasteiger partial charge in [-0.2, -0.15) is 0 Å². The number of likely N-dealkylation sites (tertiary alicyclic amines) is 1. The van der Waals surface area contributed by atoms with Crippen LogP contribution in [0, 0.1) is 11.8 Å². The number of aliphatic hydroxyl groups excluding tert-OH is 1. The zero-order chi connectivity index (χ0) is 27.1. The predicted molar refractivity (Wildman–Crippen MR) is 141 cm³/mol. The fraction of sp³-hybridized carbons (Fsp3) is 0.567. The number of aliphatic hydroxyl groups is 1. The summed E-state index contributed by atoms with van der Waals surface area (Å²) in [4.78, 5) is 45.7. The SMILES string of the molecule is CCCC(C)N1CC=C[C@]23O[C@]4(CC)C=CCOC(=O)[C@@H]4[C@H]2C(=O)N([C@@H](CO)Cc2ccccc2)C3C1=O. The van der Waals surface area contributed by atoms with E-state index in [1.165, 1.54) is 4.90 Å². The van der Waals surface area contributed by atoms with Gasteiger partial charge in [-0.3, -0.25) is 14.4 Å². The molecule has 1 N–H and O–H groups in total. The Balaban J connectivity index is 1.65. The quantitative estimate of drug-likeness (QED) is 0.417. The summed E-state index contributed by atoms with van der Waals surface area (Å²) in [5, 5.41) is 10.6. The van der Waals surface area contributed by atoms with Gasteiger partial charge in [0.1, 0.15) is 29.8 Å². The first-order valence-corrected chi connectivity index (χ1v) is 13.8. The summed E-state index contributed by atoms with van der Waals surface area (Å²) in [5.74, 6) is -2.87. The highest BCUT2D eigenvalue weighted by Crippen LogP contribution is 2.58. The minimum atomic E-state index is -1.35. The van der Waals surface area contributed by atoms with Crippen molar-refractivity contribution in [3.05, 3.63) is 60.2 Å². The summed E-state index contributed by atoms with van der Waals surface area (Å²) in [7, 11) is 0. The van der Waals surface area contributed by atoms with E-state index >= 15 is 0 Å². The van der Waals surface area contributed by atoms with Gasteiger partial charge in [0.05, 0.1) is 18.6 Å². The van der Waals surface area contributed by atoms with Gasteiger partial charge in [-0.1, -0.05) is 68.8 Å². The molecule has 2 amide bonds. The Labute approximate surface area is 224 Å². The molecule has 4 aliphatic rings. The predicted octanol–water partition coefficient (Wildman–Crippen LogP) is 2.65. The van der Waals surface area contributed by atoms with Crippen LogP contribution in [0.25, 0.3) is 0 Å². The van der Waals surface area contributed by atoms with Crippen molar-refractivity contribution in [3.63, 3.8) is 0 Å². The van der Waals surface area contributed by atoms with E-state index in [1.54, 1.807) is 6.08 Å². The highest BCUT2D eigenvalue weighted by Gasteiger charge is 2.76. The lowest BCUT2D eigenvalue weighted by Gasteiger charge is -2.41. The largest absolute Gasteiger partial charge is 0.461 e. The second-order valence-corrected chi connectivity index (χ2v) is 11.0. The van der Waals surface area contributed by atoms with Gasteiger partial charge >= 0.3 is 5.97 Å². The lowest BCUT2D eigenvalue weighted by atomic mass is 9.73. The van der Waals surface area contributed by atoms with Gasteiger partial charge in [-0.25, -0.2) is 0 Å². The molecule has 0 aliphatic carbocycles. The number of ether oxygens (including phenoxy) is 2. The number of hydrogen-bond donors (Lipinski definition) is 1. The van der Waals surface area contributed by atoms with E-state index in [0.29, 0.717) is 19.4 Å². The van der Waals surface area contributed by atoms with E-state index in [0.717, 1.165) is 18.4 Å². The monoisotopic (exact) mass is 522 g/mol. The number of cyclic esters (lactones) is 1. The van der Waals surface area contributed by atoms with Crippen molar-refractivity contribution in [2.75, 3.05) is 19.8 Å². The number of carbonyl (C=O) groups is 3. The lowest BCUT2D eigenvalue weighted by molar-refractivity contribution is -0.161. The van der Waals surface area contributed by atoms with Crippen molar-refractivity contribution in [1.82, 2.24) is 9.80 Å². The number of nitrogens with zero attached hydrogens (tertiary/aromatic N) is 2. The minimum absolute atomic E-state index is 0.0399. The van der Waals surface area contributed by atoms with Gasteiger partial charge in [0, 0.05) is 12.6 Å². The summed E-state index contributed by atoms with van der Waals surface area (Å²) >= 11 is 0. The minimum Gasteiger partial charge on any atom is -0.461 e. The van der Waals surface area contributed by atoms with E-state index in [9.17, 15) is 19.5 Å². The molecule has 0 radical (unpaired) electrons. The number of esters is 1. The van der Waals surface area contributed by atoms with Crippen molar-refractivity contribution in [2.24, 2.45) is 11.8 Å². The Kier molecular flexibility index (Phi) is 7.22. The van der Waals surface area contributed by atoms with E-state index < -0.39 is 41.1 Å². The molecule has 4 heterocycles. The summed E-state index contributed by atoms with van der Waals surface area (Å²) in [6.45, 7) is 6.21. The molecule has 0 aromatic heterocycles. The van der Waals surface area contributed by atoms with Crippen molar-refractivity contribution in [1.29, 1.82) is 0 Å². The van der Waals surface area contributed by atoms with Gasteiger partial charge in [0.2, 0.25) is 11.8 Å². The van der Waals surface area contributed by atoms with Crippen LogP contribution in [0.3, 0.4) is 0 Å². The van der Waals surface area contributed by atoms with Crippen LogP contribution in [0.1, 0.15) is 45.6 Å². The summed E-state index contributed by atoms with van der Waals surface area (Å²) in [5.41, 5.74) is -1.46. The molecule has 8 heteroatoms. The third-order valence-electron chi connectivity index (χ3n) is 8.82. The standard InChI is InChI=1S/C30H38N2O6/c1-4-11-20(3)31-16-9-15-30-23(24-28(36)37-17-10-14-29(24,5-2)38-30)26(34)32(25(30)27(31)35)22(19-33)18-21-12-7-6-8-13-21/h6-10,12-15,20,22-25,33H,4-5,11,16-19H2,1-3H3/t20?,22-,23+,24+,25?,29-,30+/m1/s1. The third kappa shape index (κ3) is 4.00. The van der Waals surface area contributed by atoms with Crippen LogP contribution in [0.4, 0.5) is 0 Å². The Bertz CT molecular complexity index is 1130. The number of fused-ring (bicyclic) bond motifs is 2. The molecule has 1 spiro atoms. The zero-order valence-corrected chi connectivity index (χ0v) is 22.4. The van der Waals surface area contributed by atoms with Crippen LogP contribution in [0.5, 0.6) is 0 Å². The fourth-order valence-electron chi connectivity index (χ4n) is 7.05. The topological polar surface area (TPSA) is 96.4 Å². The molecule has 1 aromatic rings. The Morgan fingerprint density at radius 2 is 1.82 bits per heavy atom.